The second kappa shape index (κ2) is 17.1. The number of aryl methyl sites for hydroxylation is 3. The highest BCUT2D eigenvalue weighted by molar-refractivity contribution is 7.09. The molecule has 3 heteroatoms. The summed E-state index contributed by atoms with van der Waals surface area (Å²) in [7, 11) is 0. The summed E-state index contributed by atoms with van der Waals surface area (Å²) in [6, 6.07) is 10.3. The van der Waals surface area contributed by atoms with Crippen LogP contribution in [0.4, 0.5) is 0 Å². The lowest BCUT2D eigenvalue weighted by atomic mass is 10.1. The Kier molecular flexibility index (Phi) is 17.4. The largest absolute Gasteiger partial charge is 0.307 e. The number of carbonyl (C=O) groups excluding carboxylic acids is 1. The summed E-state index contributed by atoms with van der Waals surface area (Å²) in [5.74, 6) is 2.62. The van der Waals surface area contributed by atoms with Crippen LogP contribution in [0.15, 0.2) is 35.7 Å². The van der Waals surface area contributed by atoms with Gasteiger partial charge in [0.25, 0.3) is 0 Å². The van der Waals surface area contributed by atoms with Gasteiger partial charge in [0, 0.05) is 11.8 Å². The summed E-state index contributed by atoms with van der Waals surface area (Å²) < 4.78 is 0. The highest BCUT2D eigenvalue weighted by atomic mass is 32.1. The van der Waals surface area contributed by atoms with Gasteiger partial charge in [-0.3, -0.25) is 0 Å². The molecule has 0 amide bonds. The van der Waals surface area contributed by atoms with E-state index >= 15 is 0 Å². The number of terminal acetylenes is 1. The smallest absolute Gasteiger partial charge is 0.106 e. The minimum absolute atomic E-state index is 0.837. The van der Waals surface area contributed by atoms with Crippen LogP contribution >= 0.6 is 11.3 Å². The molecule has 120 valence electrons. The van der Waals surface area contributed by atoms with Gasteiger partial charge < -0.3 is 4.79 Å². The summed E-state index contributed by atoms with van der Waals surface area (Å²) in [6.07, 6.45) is 8.02. The molecule has 0 aliphatic heterocycles. The molecule has 0 fully saturated rings. The lowest BCUT2D eigenvalue weighted by Crippen LogP contribution is -1.80. The van der Waals surface area contributed by atoms with Crippen molar-refractivity contribution in [3.05, 3.63) is 52.0 Å². The average molecular weight is 317 g/mol. The Bertz CT molecular complexity index is 500. The van der Waals surface area contributed by atoms with Crippen molar-refractivity contribution < 1.29 is 4.79 Å². The lowest BCUT2D eigenvalue weighted by molar-refractivity contribution is -0.0979. The molecule has 0 saturated carbocycles. The predicted molar refractivity (Wildman–Crippen MR) is 98.3 cm³/mol. The number of aromatic nitrogens is 1. The molecule has 0 N–H and O–H groups in total. The molecular formula is C19H27NOS. The molecule has 0 saturated heterocycles. The van der Waals surface area contributed by atoms with Gasteiger partial charge in [0.05, 0.1) is 10.7 Å². The summed E-state index contributed by atoms with van der Waals surface area (Å²) in [5.41, 5.74) is 2.54. The number of hydrogen-bond acceptors (Lipinski definition) is 3. The Morgan fingerprint density at radius 2 is 1.82 bits per heavy atom. The van der Waals surface area contributed by atoms with Crippen LogP contribution < -0.4 is 0 Å². The van der Waals surface area contributed by atoms with Gasteiger partial charge in [0.1, 0.15) is 6.79 Å². The first-order valence-electron chi connectivity index (χ1n) is 7.43. The van der Waals surface area contributed by atoms with Crippen molar-refractivity contribution in [3.8, 4) is 12.3 Å². The minimum atomic E-state index is 0.837. The maximum absolute atomic E-state index is 8.00. The van der Waals surface area contributed by atoms with Crippen LogP contribution in [0.5, 0.6) is 0 Å². The van der Waals surface area contributed by atoms with Crippen LogP contribution in [0, 0.1) is 19.3 Å². The number of nitrogens with zero attached hydrogens (tertiary/aromatic N) is 1. The number of thiazole rings is 1. The molecule has 1 aromatic carbocycles. The normalized spacial score (nSPS) is 7.95. The van der Waals surface area contributed by atoms with Crippen molar-refractivity contribution in [1.29, 1.82) is 0 Å². The fraction of sp³-hybridized carbons (Fsp3) is 0.368. The standard InChI is InChI=1S/C10H10.C6H9NS.C2H6.CH2O/c1-2-3-7-10-8-5-4-6-9-10;1-3-6-4-8-5(2)7-6;2*1-2/h1,4-6,8-9H,3,7H2;4H,3H2,1-2H3;1-2H3;1H2. The molecule has 0 atom stereocenters. The second-order valence-electron chi connectivity index (χ2n) is 3.90. The molecule has 1 aromatic heterocycles. The van der Waals surface area contributed by atoms with Crippen molar-refractivity contribution in [3.63, 3.8) is 0 Å². The average Bonchev–Trinajstić information content (AvgIpc) is 3.04. The predicted octanol–water partition coefficient (Wildman–Crippen LogP) is 5.11. The van der Waals surface area contributed by atoms with Crippen LogP contribution in [-0.4, -0.2) is 11.8 Å². The Hall–Kier alpha value is -1.92. The van der Waals surface area contributed by atoms with Crippen molar-refractivity contribution in [2.45, 2.75) is 47.0 Å². The highest BCUT2D eigenvalue weighted by Crippen LogP contribution is 2.07. The number of benzene rings is 1. The molecule has 0 radical (unpaired) electrons. The summed E-state index contributed by atoms with van der Waals surface area (Å²) in [4.78, 5) is 12.2. The Labute approximate surface area is 139 Å². The third-order valence-corrected chi connectivity index (χ3v) is 3.25. The first kappa shape index (κ1) is 22.4. The van der Waals surface area contributed by atoms with Crippen molar-refractivity contribution in [2.24, 2.45) is 0 Å². The monoisotopic (exact) mass is 317 g/mol. The summed E-state index contributed by atoms with van der Waals surface area (Å²) in [5, 5.41) is 3.27. The number of carbonyl (C=O) groups is 1. The van der Waals surface area contributed by atoms with Crippen LogP contribution in [-0.2, 0) is 17.6 Å². The van der Waals surface area contributed by atoms with Gasteiger partial charge in [-0.2, -0.15) is 0 Å². The molecule has 0 aliphatic carbocycles. The van der Waals surface area contributed by atoms with Gasteiger partial charge in [0.2, 0.25) is 0 Å². The molecule has 0 aliphatic rings. The number of rotatable bonds is 3. The van der Waals surface area contributed by atoms with E-state index in [1.54, 1.807) is 11.3 Å². The molecule has 2 aromatic rings. The van der Waals surface area contributed by atoms with E-state index in [9.17, 15) is 0 Å². The van der Waals surface area contributed by atoms with E-state index in [-0.39, 0.29) is 0 Å². The molecule has 1 heterocycles. The van der Waals surface area contributed by atoms with E-state index in [4.69, 9.17) is 11.2 Å². The maximum atomic E-state index is 8.00. The third kappa shape index (κ3) is 11.9. The zero-order chi connectivity index (χ0) is 17.2. The van der Waals surface area contributed by atoms with Crippen molar-refractivity contribution >= 4 is 18.1 Å². The quantitative estimate of drug-likeness (QED) is 0.736. The molecule has 0 bridgehead atoms. The van der Waals surface area contributed by atoms with Gasteiger partial charge in [-0.1, -0.05) is 51.1 Å². The summed E-state index contributed by atoms with van der Waals surface area (Å²) in [6.45, 7) is 10.2. The fourth-order valence-corrected chi connectivity index (χ4v) is 2.13. The van der Waals surface area contributed by atoms with Crippen LogP contribution in [0.1, 0.15) is 43.5 Å². The Balaban J connectivity index is 0. The van der Waals surface area contributed by atoms with E-state index < -0.39 is 0 Å². The minimum Gasteiger partial charge on any atom is -0.307 e. The van der Waals surface area contributed by atoms with E-state index in [0.29, 0.717) is 0 Å². The molecule has 0 spiro atoms. The fourth-order valence-electron chi connectivity index (χ4n) is 1.43. The molecule has 2 rings (SSSR count). The highest BCUT2D eigenvalue weighted by Gasteiger charge is 1.91. The van der Waals surface area contributed by atoms with E-state index in [1.807, 2.05) is 45.8 Å². The molecular weight excluding hydrogens is 290 g/mol. The van der Waals surface area contributed by atoms with E-state index in [2.05, 4.69) is 35.3 Å². The maximum Gasteiger partial charge on any atom is 0.106 e. The van der Waals surface area contributed by atoms with E-state index in [1.165, 1.54) is 16.3 Å². The second-order valence-corrected chi connectivity index (χ2v) is 4.96. The zero-order valence-corrected chi connectivity index (χ0v) is 15.0. The first-order chi connectivity index (χ1) is 10.8. The SMILES string of the molecule is C#CCCc1ccccc1.C=O.CC.CCc1csc(C)n1. The van der Waals surface area contributed by atoms with Crippen molar-refractivity contribution in [1.82, 2.24) is 4.98 Å². The molecule has 0 unspecified atom stereocenters. The molecule has 2 nitrogen and oxygen atoms in total. The van der Waals surface area contributed by atoms with Crippen LogP contribution in [0.3, 0.4) is 0 Å². The van der Waals surface area contributed by atoms with Gasteiger partial charge >= 0.3 is 0 Å². The van der Waals surface area contributed by atoms with Gasteiger partial charge in [-0.25, -0.2) is 4.98 Å². The first-order valence-corrected chi connectivity index (χ1v) is 8.31. The third-order valence-electron chi connectivity index (χ3n) is 2.43. The van der Waals surface area contributed by atoms with Crippen LogP contribution in [0.25, 0.3) is 0 Å². The van der Waals surface area contributed by atoms with Crippen molar-refractivity contribution in [2.75, 3.05) is 0 Å². The topological polar surface area (TPSA) is 30.0 Å². The summed E-state index contributed by atoms with van der Waals surface area (Å²) >= 11 is 1.72. The Morgan fingerprint density at radius 1 is 1.23 bits per heavy atom. The van der Waals surface area contributed by atoms with Crippen LogP contribution in [0.2, 0.25) is 0 Å². The van der Waals surface area contributed by atoms with E-state index in [0.717, 1.165) is 19.3 Å². The lowest BCUT2D eigenvalue weighted by Gasteiger charge is -1.93. The number of hydrogen-bond donors (Lipinski definition) is 0. The van der Waals surface area contributed by atoms with Gasteiger partial charge in [-0.05, 0) is 25.3 Å². The van der Waals surface area contributed by atoms with Gasteiger partial charge in [0.15, 0.2) is 0 Å². The zero-order valence-electron chi connectivity index (χ0n) is 14.1. The Morgan fingerprint density at radius 3 is 2.18 bits per heavy atom. The van der Waals surface area contributed by atoms with Gasteiger partial charge in [-0.15, -0.1) is 23.7 Å². The molecule has 22 heavy (non-hydrogen) atoms.